The van der Waals surface area contributed by atoms with Crippen molar-refractivity contribution in [2.45, 2.75) is 13.8 Å². The van der Waals surface area contributed by atoms with Gasteiger partial charge in [0, 0.05) is 19.2 Å². The number of allylic oxidation sites excluding steroid dienone is 1. The van der Waals surface area contributed by atoms with Crippen molar-refractivity contribution in [3.05, 3.63) is 58.5 Å². The number of amides is 1. The maximum absolute atomic E-state index is 13.0. The molecule has 1 fully saturated rings. The van der Waals surface area contributed by atoms with E-state index in [1.54, 1.807) is 36.1 Å². The molecule has 0 radical (unpaired) electrons. The maximum atomic E-state index is 13.0. The second-order valence-corrected chi connectivity index (χ2v) is 7.53. The highest BCUT2D eigenvalue weighted by Crippen LogP contribution is 2.40. The van der Waals surface area contributed by atoms with Gasteiger partial charge in [0.2, 0.25) is 0 Å². The lowest BCUT2D eigenvalue weighted by molar-refractivity contribution is -0.152. The summed E-state index contributed by atoms with van der Waals surface area (Å²) < 4.78 is 11.0. The quantitative estimate of drug-likeness (QED) is 0.604. The van der Waals surface area contributed by atoms with Crippen molar-refractivity contribution < 1.29 is 18.7 Å². The fourth-order valence-corrected chi connectivity index (χ4v) is 4.42. The number of carbonyl (C=O) groups excluding carboxylic acids is 2. The molecule has 4 atom stereocenters. The molecule has 2 heterocycles. The van der Waals surface area contributed by atoms with E-state index in [2.05, 4.69) is 6.08 Å². The van der Waals surface area contributed by atoms with Crippen molar-refractivity contribution in [2.75, 3.05) is 19.7 Å². The van der Waals surface area contributed by atoms with Crippen LogP contribution < -0.4 is 5.43 Å². The second-order valence-electron chi connectivity index (χ2n) is 7.53. The lowest BCUT2D eigenvalue weighted by Crippen LogP contribution is -2.37. The summed E-state index contributed by atoms with van der Waals surface area (Å²) >= 11 is 0. The molecule has 2 aliphatic rings. The Kier molecular flexibility index (Phi) is 4.79. The molecule has 6 heteroatoms. The molecule has 0 spiro atoms. The van der Waals surface area contributed by atoms with E-state index in [1.165, 1.54) is 6.07 Å². The molecule has 0 saturated carbocycles. The van der Waals surface area contributed by atoms with Crippen LogP contribution in [0.1, 0.15) is 24.4 Å². The average molecular weight is 381 g/mol. The van der Waals surface area contributed by atoms with Crippen molar-refractivity contribution in [3.8, 4) is 0 Å². The fraction of sp³-hybridized carbons (Fsp3) is 0.409. The number of nitrogens with zero attached hydrogens (tertiary/aromatic N) is 1. The number of para-hydroxylation sites is 1. The van der Waals surface area contributed by atoms with E-state index in [-0.39, 0.29) is 46.7 Å². The van der Waals surface area contributed by atoms with Gasteiger partial charge in [0.25, 0.3) is 5.91 Å². The summed E-state index contributed by atoms with van der Waals surface area (Å²) in [6.45, 7) is 5.08. The third-order valence-electron chi connectivity index (χ3n) is 5.79. The molecular formula is C22H23NO5. The lowest BCUT2D eigenvalue weighted by Gasteiger charge is -2.31. The average Bonchev–Trinajstić information content (AvgIpc) is 3.11. The first-order chi connectivity index (χ1) is 13.5. The Balaban J connectivity index is 1.60. The number of hydrogen-bond acceptors (Lipinski definition) is 5. The first kappa shape index (κ1) is 18.5. The van der Waals surface area contributed by atoms with E-state index in [9.17, 15) is 14.4 Å². The number of benzene rings is 1. The monoisotopic (exact) mass is 381 g/mol. The predicted molar refractivity (Wildman–Crippen MR) is 104 cm³/mol. The summed E-state index contributed by atoms with van der Waals surface area (Å²) in [4.78, 5) is 39.5. The molecule has 0 bridgehead atoms. The van der Waals surface area contributed by atoms with Gasteiger partial charge >= 0.3 is 5.97 Å². The van der Waals surface area contributed by atoms with Gasteiger partial charge in [-0.15, -0.1) is 0 Å². The minimum Gasteiger partial charge on any atom is -0.466 e. The largest absolute Gasteiger partial charge is 0.466 e. The van der Waals surface area contributed by atoms with E-state index < -0.39 is 0 Å². The number of fused-ring (bicyclic) bond motifs is 2. The molecule has 1 aliphatic carbocycles. The topological polar surface area (TPSA) is 76.8 Å². The molecule has 4 rings (SSSR count). The highest BCUT2D eigenvalue weighted by molar-refractivity contribution is 5.93. The van der Waals surface area contributed by atoms with Crippen molar-refractivity contribution in [3.63, 3.8) is 0 Å². The molecule has 1 aromatic carbocycles. The van der Waals surface area contributed by atoms with Crippen LogP contribution in [0.25, 0.3) is 11.0 Å². The van der Waals surface area contributed by atoms with Gasteiger partial charge in [0.05, 0.1) is 17.9 Å². The van der Waals surface area contributed by atoms with Crippen LogP contribution in [0.4, 0.5) is 0 Å². The van der Waals surface area contributed by atoms with Crippen LogP contribution in [0.5, 0.6) is 0 Å². The maximum Gasteiger partial charge on any atom is 0.309 e. The first-order valence-electron chi connectivity index (χ1n) is 9.66. The lowest BCUT2D eigenvalue weighted by atomic mass is 9.72. The van der Waals surface area contributed by atoms with E-state index >= 15 is 0 Å². The summed E-state index contributed by atoms with van der Waals surface area (Å²) in [6, 6.07) is 8.14. The van der Waals surface area contributed by atoms with Crippen LogP contribution in [0.15, 0.2) is 51.7 Å². The van der Waals surface area contributed by atoms with Crippen LogP contribution in [0.3, 0.4) is 0 Å². The fourth-order valence-electron chi connectivity index (χ4n) is 4.42. The van der Waals surface area contributed by atoms with E-state index in [0.29, 0.717) is 30.7 Å². The Morgan fingerprint density at radius 1 is 1.21 bits per heavy atom. The summed E-state index contributed by atoms with van der Waals surface area (Å²) in [6.07, 6.45) is 4.13. The van der Waals surface area contributed by atoms with E-state index in [0.717, 1.165) is 0 Å². The van der Waals surface area contributed by atoms with Crippen molar-refractivity contribution in [1.82, 2.24) is 4.90 Å². The van der Waals surface area contributed by atoms with Crippen LogP contribution in [0.2, 0.25) is 0 Å². The summed E-state index contributed by atoms with van der Waals surface area (Å²) in [5.41, 5.74) is 0.160. The van der Waals surface area contributed by atoms with Gasteiger partial charge < -0.3 is 14.1 Å². The number of carbonyl (C=O) groups is 2. The van der Waals surface area contributed by atoms with Gasteiger partial charge in [0.15, 0.2) is 11.2 Å². The van der Waals surface area contributed by atoms with Crippen molar-refractivity contribution >= 4 is 22.8 Å². The van der Waals surface area contributed by atoms with Gasteiger partial charge in [-0.3, -0.25) is 14.4 Å². The van der Waals surface area contributed by atoms with Gasteiger partial charge in [-0.05, 0) is 36.8 Å². The Morgan fingerprint density at radius 3 is 2.79 bits per heavy atom. The number of hydrogen-bond donors (Lipinski definition) is 0. The third kappa shape index (κ3) is 3.13. The van der Waals surface area contributed by atoms with Crippen LogP contribution in [-0.2, 0) is 9.53 Å². The second kappa shape index (κ2) is 7.26. The Bertz CT molecular complexity index is 1010. The van der Waals surface area contributed by atoms with E-state index in [4.69, 9.17) is 9.15 Å². The zero-order valence-electron chi connectivity index (χ0n) is 16.0. The minimum atomic E-state index is -0.319. The predicted octanol–water partition coefficient (Wildman–Crippen LogP) is 2.87. The minimum absolute atomic E-state index is 0.00942. The van der Waals surface area contributed by atoms with Crippen LogP contribution in [0, 0.1) is 23.7 Å². The van der Waals surface area contributed by atoms with E-state index in [1.807, 2.05) is 13.0 Å². The molecule has 28 heavy (non-hydrogen) atoms. The van der Waals surface area contributed by atoms with Crippen molar-refractivity contribution in [2.24, 2.45) is 23.7 Å². The summed E-state index contributed by atoms with van der Waals surface area (Å²) in [7, 11) is 0. The zero-order chi connectivity index (χ0) is 19.8. The number of likely N-dealkylation sites (tertiary alicyclic amines) is 1. The molecule has 2 aromatic rings. The Labute approximate surface area is 162 Å². The van der Waals surface area contributed by atoms with Gasteiger partial charge in [-0.25, -0.2) is 0 Å². The van der Waals surface area contributed by atoms with Gasteiger partial charge in [0.1, 0.15) is 5.58 Å². The molecule has 0 unspecified atom stereocenters. The van der Waals surface area contributed by atoms with Gasteiger partial charge in [-0.1, -0.05) is 31.2 Å². The molecule has 0 N–H and O–H groups in total. The molecule has 6 nitrogen and oxygen atoms in total. The van der Waals surface area contributed by atoms with Crippen LogP contribution >= 0.6 is 0 Å². The first-order valence-corrected chi connectivity index (χ1v) is 9.66. The highest BCUT2D eigenvalue weighted by atomic mass is 16.5. The Morgan fingerprint density at radius 2 is 2.00 bits per heavy atom. The number of rotatable bonds is 3. The molecular weight excluding hydrogens is 358 g/mol. The van der Waals surface area contributed by atoms with Crippen molar-refractivity contribution in [1.29, 1.82) is 0 Å². The SMILES string of the molecule is CCOC(=O)[C@@H]1[C@H]2CN(C(=O)c3cc(=O)c4ccccc4o3)C[C@@H]2C=C[C@@H]1C. The Hall–Kier alpha value is -2.89. The molecule has 146 valence electrons. The zero-order valence-corrected chi connectivity index (χ0v) is 16.0. The summed E-state index contributed by atoms with van der Waals surface area (Å²) in [5.74, 6) is -0.587. The number of esters is 1. The van der Waals surface area contributed by atoms with Gasteiger partial charge in [-0.2, -0.15) is 0 Å². The molecule has 1 amide bonds. The van der Waals surface area contributed by atoms with Crippen LogP contribution in [-0.4, -0.2) is 36.5 Å². The molecule has 1 aromatic heterocycles. The molecule has 1 saturated heterocycles. The standard InChI is InChI=1S/C22H23NO5/c1-3-27-22(26)20-13(2)8-9-14-11-23(12-16(14)20)21(25)19-10-17(24)15-6-4-5-7-18(15)28-19/h4-10,13-14,16,20H,3,11-12H2,1-2H3/t13-,14-,16-,20-/m0/s1. The smallest absolute Gasteiger partial charge is 0.309 e. The molecule has 1 aliphatic heterocycles. The third-order valence-corrected chi connectivity index (χ3v) is 5.79. The number of ether oxygens (including phenoxy) is 1. The normalized spacial score (nSPS) is 26.3. The highest BCUT2D eigenvalue weighted by Gasteiger charge is 2.46. The summed E-state index contributed by atoms with van der Waals surface area (Å²) in [5, 5.41) is 0.452.